The Bertz CT molecular complexity index is 984. The van der Waals surface area contributed by atoms with Crippen LogP contribution in [0.5, 0.6) is 0 Å². The van der Waals surface area contributed by atoms with E-state index in [1.54, 1.807) is 36.4 Å². The molecule has 1 heterocycles. The summed E-state index contributed by atoms with van der Waals surface area (Å²) >= 11 is 13.3. The van der Waals surface area contributed by atoms with Crippen LogP contribution >= 0.6 is 34.5 Å². The number of aromatic nitrogens is 1. The van der Waals surface area contributed by atoms with Crippen LogP contribution in [0.25, 0.3) is 11.3 Å². The van der Waals surface area contributed by atoms with Gasteiger partial charge in [0.1, 0.15) is 0 Å². The summed E-state index contributed by atoms with van der Waals surface area (Å²) in [5.41, 5.74) is 2.40. The van der Waals surface area contributed by atoms with E-state index in [4.69, 9.17) is 23.2 Å². The maximum absolute atomic E-state index is 11.5. The molecule has 3 aromatic rings. The zero-order valence-corrected chi connectivity index (χ0v) is 15.6. The molecular weight excluding hydrogens is 387 g/mol. The number of thiazole rings is 1. The van der Waals surface area contributed by atoms with Crippen molar-refractivity contribution in [3.63, 3.8) is 0 Å². The van der Waals surface area contributed by atoms with E-state index >= 15 is 0 Å². The van der Waals surface area contributed by atoms with E-state index in [0.717, 1.165) is 16.9 Å². The Morgan fingerprint density at radius 3 is 2.38 bits per heavy atom. The quantitative estimate of drug-likeness (QED) is 0.650. The highest BCUT2D eigenvalue weighted by molar-refractivity contribution is 7.90. The highest BCUT2D eigenvalue weighted by Crippen LogP contribution is 2.30. The zero-order valence-electron chi connectivity index (χ0n) is 12.5. The first-order valence-corrected chi connectivity index (χ1v) is 10.3. The van der Waals surface area contributed by atoms with Crippen LogP contribution < -0.4 is 5.32 Å². The molecule has 124 valence electrons. The molecule has 1 N–H and O–H groups in total. The molecule has 24 heavy (non-hydrogen) atoms. The van der Waals surface area contributed by atoms with Crippen LogP contribution in [0.4, 0.5) is 10.8 Å². The van der Waals surface area contributed by atoms with Crippen LogP contribution in [0, 0.1) is 0 Å². The molecular formula is C16H12Cl2N2O2S2. The van der Waals surface area contributed by atoms with E-state index in [0.29, 0.717) is 15.2 Å². The first kappa shape index (κ1) is 17.2. The molecule has 0 aliphatic rings. The lowest BCUT2D eigenvalue weighted by Gasteiger charge is -2.04. The van der Waals surface area contributed by atoms with Gasteiger partial charge in [0.25, 0.3) is 0 Å². The average Bonchev–Trinajstić information content (AvgIpc) is 2.99. The van der Waals surface area contributed by atoms with Gasteiger partial charge in [0.05, 0.1) is 20.6 Å². The molecule has 0 atom stereocenters. The van der Waals surface area contributed by atoms with E-state index in [1.807, 2.05) is 11.4 Å². The number of nitrogens with one attached hydrogen (secondary N) is 1. The van der Waals surface area contributed by atoms with Gasteiger partial charge in [-0.05, 0) is 30.3 Å². The molecule has 0 spiro atoms. The average molecular weight is 399 g/mol. The Morgan fingerprint density at radius 2 is 1.75 bits per heavy atom. The molecule has 0 aliphatic carbocycles. The summed E-state index contributed by atoms with van der Waals surface area (Å²) in [6, 6.07) is 11.9. The van der Waals surface area contributed by atoms with Crippen LogP contribution in [0.3, 0.4) is 0 Å². The fraction of sp³-hybridized carbons (Fsp3) is 0.0625. The van der Waals surface area contributed by atoms with Crippen molar-refractivity contribution in [3.8, 4) is 11.3 Å². The van der Waals surface area contributed by atoms with Gasteiger partial charge in [-0.15, -0.1) is 11.3 Å². The SMILES string of the molecule is CS(=O)(=O)c1ccc(-c2csc(Nc3ccc(Cl)c(Cl)c3)n2)cc1. The summed E-state index contributed by atoms with van der Waals surface area (Å²) in [5.74, 6) is 0. The van der Waals surface area contributed by atoms with Crippen molar-refractivity contribution in [3.05, 3.63) is 57.9 Å². The van der Waals surface area contributed by atoms with E-state index in [1.165, 1.54) is 17.6 Å². The van der Waals surface area contributed by atoms with Gasteiger partial charge in [-0.2, -0.15) is 0 Å². The first-order valence-electron chi connectivity index (χ1n) is 6.81. The van der Waals surface area contributed by atoms with Crippen molar-refractivity contribution in [2.45, 2.75) is 4.90 Å². The second-order valence-corrected chi connectivity index (χ2v) is 8.78. The number of halogens is 2. The number of hydrogen-bond donors (Lipinski definition) is 1. The van der Waals surface area contributed by atoms with Crippen LogP contribution in [0.1, 0.15) is 0 Å². The normalized spacial score (nSPS) is 11.5. The molecule has 0 bridgehead atoms. The summed E-state index contributed by atoms with van der Waals surface area (Å²) in [6.45, 7) is 0. The third-order valence-electron chi connectivity index (χ3n) is 3.25. The van der Waals surface area contributed by atoms with Crippen molar-refractivity contribution in [1.82, 2.24) is 4.98 Å². The Kier molecular flexibility index (Phi) is 4.83. The summed E-state index contributed by atoms with van der Waals surface area (Å²) < 4.78 is 23.0. The van der Waals surface area contributed by atoms with Gasteiger partial charge in [0.15, 0.2) is 15.0 Å². The van der Waals surface area contributed by atoms with E-state index in [9.17, 15) is 8.42 Å². The topological polar surface area (TPSA) is 59.1 Å². The van der Waals surface area contributed by atoms with Crippen molar-refractivity contribution in [1.29, 1.82) is 0 Å². The number of hydrogen-bond acceptors (Lipinski definition) is 5. The van der Waals surface area contributed by atoms with Gasteiger partial charge < -0.3 is 5.32 Å². The van der Waals surface area contributed by atoms with E-state index in [-0.39, 0.29) is 4.90 Å². The minimum atomic E-state index is -3.20. The largest absolute Gasteiger partial charge is 0.331 e. The van der Waals surface area contributed by atoms with Gasteiger partial charge in [-0.25, -0.2) is 13.4 Å². The van der Waals surface area contributed by atoms with E-state index in [2.05, 4.69) is 10.3 Å². The molecule has 0 radical (unpaired) electrons. The van der Waals surface area contributed by atoms with Gasteiger partial charge in [-0.1, -0.05) is 35.3 Å². The molecule has 8 heteroatoms. The minimum absolute atomic E-state index is 0.288. The van der Waals surface area contributed by atoms with Gasteiger partial charge >= 0.3 is 0 Å². The molecule has 0 saturated heterocycles. The van der Waals surface area contributed by atoms with Crippen LogP contribution in [0.15, 0.2) is 52.7 Å². The lowest BCUT2D eigenvalue weighted by atomic mass is 10.2. The summed E-state index contributed by atoms with van der Waals surface area (Å²) in [4.78, 5) is 4.79. The van der Waals surface area contributed by atoms with Gasteiger partial charge in [-0.3, -0.25) is 0 Å². The number of rotatable bonds is 4. The molecule has 4 nitrogen and oxygen atoms in total. The Hall–Kier alpha value is -1.60. The van der Waals surface area contributed by atoms with Crippen molar-refractivity contribution in [2.75, 3.05) is 11.6 Å². The maximum Gasteiger partial charge on any atom is 0.187 e. The fourth-order valence-corrected chi connectivity index (χ4v) is 3.70. The highest BCUT2D eigenvalue weighted by atomic mass is 35.5. The Balaban J connectivity index is 1.81. The standard InChI is InChI=1S/C16H12Cl2N2O2S2/c1-24(21,22)12-5-2-10(3-6-12)15-9-23-16(20-15)19-11-4-7-13(17)14(18)8-11/h2-9H,1H3,(H,19,20). The summed E-state index contributed by atoms with van der Waals surface area (Å²) in [5, 5.41) is 6.73. The Labute approximate surface area is 154 Å². The lowest BCUT2D eigenvalue weighted by Crippen LogP contribution is -1.96. The van der Waals surface area contributed by atoms with Crippen LogP contribution in [-0.4, -0.2) is 19.7 Å². The third kappa shape index (κ3) is 3.89. The number of sulfone groups is 1. The molecule has 0 fully saturated rings. The predicted molar refractivity (Wildman–Crippen MR) is 100 cm³/mol. The molecule has 3 rings (SSSR count). The third-order valence-corrected chi connectivity index (χ3v) is 5.88. The van der Waals surface area contributed by atoms with Crippen molar-refractivity contribution in [2.24, 2.45) is 0 Å². The fourth-order valence-electron chi connectivity index (χ4n) is 2.03. The number of nitrogens with zero attached hydrogens (tertiary/aromatic N) is 1. The smallest absolute Gasteiger partial charge is 0.187 e. The van der Waals surface area contributed by atoms with Gasteiger partial charge in [0, 0.05) is 22.9 Å². The monoisotopic (exact) mass is 398 g/mol. The predicted octanol–water partition coefficient (Wildman–Crippen LogP) is 5.26. The van der Waals surface area contributed by atoms with Gasteiger partial charge in [0.2, 0.25) is 0 Å². The Morgan fingerprint density at radius 1 is 1.04 bits per heavy atom. The van der Waals surface area contributed by atoms with Crippen LogP contribution in [-0.2, 0) is 9.84 Å². The van der Waals surface area contributed by atoms with Crippen LogP contribution in [0.2, 0.25) is 10.0 Å². The first-order chi connectivity index (χ1) is 11.3. The molecule has 0 amide bonds. The molecule has 0 unspecified atom stereocenters. The minimum Gasteiger partial charge on any atom is -0.331 e. The molecule has 0 aliphatic heterocycles. The highest BCUT2D eigenvalue weighted by Gasteiger charge is 2.09. The molecule has 2 aromatic carbocycles. The zero-order chi connectivity index (χ0) is 17.3. The maximum atomic E-state index is 11.5. The number of anilines is 2. The van der Waals surface area contributed by atoms with Crippen molar-refractivity contribution < 1.29 is 8.42 Å². The second kappa shape index (κ2) is 6.72. The second-order valence-electron chi connectivity index (χ2n) is 5.09. The number of benzene rings is 2. The lowest BCUT2D eigenvalue weighted by molar-refractivity contribution is 0.602. The molecule has 1 aromatic heterocycles. The van der Waals surface area contributed by atoms with E-state index < -0.39 is 9.84 Å². The summed E-state index contributed by atoms with van der Waals surface area (Å²) in [7, 11) is -3.20. The molecule has 0 saturated carbocycles. The van der Waals surface area contributed by atoms with Crippen molar-refractivity contribution >= 4 is 55.2 Å². The summed E-state index contributed by atoms with van der Waals surface area (Å²) in [6.07, 6.45) is 1.18.